The van der Waals surface area contributed by atoms with Gasteiger partial charge < -0.3 is 19.1 Å². The van der Waals surface area contributed by atoms with E-state index < -0.39 is 28.9 Å². The van der Waals surface area contributed by atoms with Gasteiger partial charge in [-0.15, -0.1) is 32.9 Å². The molecule has 1 rings (SSSR count). The van der Waals surface area contributed by atoms with E-state index in [2.05, 4.69) is 22.3 Å². The summed E-state index contributed by atoms with van der Waals surface area (Å²) in [7, 11) is 0. The zero-order chi connectivity index (χ0) is 17.9. The zero-order valence-corrected chi connectivity index (χ0v) is 13.1. The van der Waals surface area contributed by atoms with E-state index >= 15 is 0 Å². The third-order valence-corrected chi connectivity index (χ3v) is 2.76. The summed E-state index contributed by atoms with van der Waals surface area (Å²) < 4.78 is 10.1. The van der Waals surface area contributed by atoms with Gasteiger partial charge in [-0.1, -0.05) is 6.07 Å². The van der Waals surface area contributed by atoms with Crippen molar-refractivity contribution < 1.29 is 34.1 Å². The van der Waals surface area contributed by atoms with Crippen molar-refractivity contribution in [1.29, 1.82) is 0 Å². The van der Waals surface area contributed by atoms with E-state index in [4.69, 9.17) is 9.47 Å². The van der Waals surface area contributed by atoms with Crippen LogP contribution in [0.3, 0.4) is 0 Å². The van der Waals surface area contributed by atoms with E-state index in [0.717, 1.165) is 0 Å². The van der Waals surface area contributed by atoms with Crippen LogP contribution in [-0.4, -0.2) is 48.7 Å². The second kappa shape index (κ2) is 10.2. The molecule has 0 spiro atoms. The smallest absolute Gasteiger partial charge is 0.338 e. The largest absolute Gasteiger partial charge is 0.459 e. The molecule has 0 fully saturated rings. The summed E-state index contributed by atoms with van der Waals surface area (Å²) in [5, 5.41) is 18.2. The van der Waals surface area contributed by atoms with Crippen molar-refractivity contribution in [1.82, 2.24) is 0 Å². The average Bonchev–Trinajstić information content (AvgIpc) is 2.52. The number of thiol groups is 1. The van der Waals surface area contributed by atoms with E-state index in [0.29, 0.717) is 4.90 Å². The molecular weight excluding hydrogens is 348 g/mol. The van der Waals surface area contributed by atoms with Gasteiger partial charge in [-0.25, -0.2) is 4.79 Å². The first-order valence-electron chi connectivity index (χ1n) is 6.51. The fraction of sp³-hybridized carbons (Fsp3) is 0.417. The molecule has 0 aliphatic heterocycles. The maximum Gasteiger partial charge on any atom is 0.338 e. The molecule has 1 aromatic rings. The van der Waals surface area contributed by atoms with E-state index in [1.807, 2.05) is 0 Å². The summed E-state index contributed by atoms with van der Waals surface area (Å²) in [6.07, 6.45) is -0.992. The number of carbonyl (C=O) groups excluding carboxylic acids is 1. The molecular formula is C12H14N2O9S. The summed E-state index contributed by atoms with van der Waals surface area (Å²) in [5.74, 6) is -0.679. The van der Waals surface area contributed by atoms with E-state index in [9.17, 15) is 25.0 Å². The maximum atomic E-state index is 11.9. The number of ether oxygens (including phenoxy) is 2. The normalized spacial score (nSPS) is 11.4. The number of carbonyl (C=O) groups is 1. The standard InChI is InChI=1S/C12H14N2O9S/c15-12(9-2-1-3-11(24)6-9)21-7-10(8-23-14(18)19)20-4-5-22-13(16)17/h1-3,6,10,24H,4-5,7-8H2. The van der Waals surface area contributed by atoms with Gasteiger partial charge in [0.1, 0.15) is 25.9 Å². The monoisotopic (exact) mass is 362 g/mol. The SMILES string of the molecule is O=C(OCC(CO[N+](=O)[O-])OCCO[N+](=O)[O-])c1cccc(S)c1. The predicted octanol–water partition coefficient (Wildman–Crippen LogP) is 0.934. The number of esters is 1. The number of rotatable bonds is 11. The summed E-state index contributed by atoms with van der Waals surface area (Å²) >= 11 is 4.09. The van der Waals surface area contributed by atoms with Crippen LogP contribution in [-0.2, 0) is 19.1 Å². The van der Waals surface area contributed by atoms with Crippen LogP contribution in [0.15, 0.2) is 29.2 Å². The first kappa shape index (κ1) is 19.4. The van der Waals surface area contributed by atoms with Crippen molar-refractivity contribution in [2.75, 3.05) is 26.4 Å². The number of benzene rings is 1. The van der Waals surface area contributed by atoms with Crippen LogP contribution in [0, 0.1) is 20.2 Å². The minimum Gasteiger partial charge on any atom is -0.459 e. The first-order valence-corrected chi connectivity index (χ1v) is 6.95. The summed E-state index contributed by atoms with van der Waals surface area (Å²) in [6.45, 7) is -1.47. The summed E-state index contributed by atoms with van der Waals surface area (Å²) in [4.78, 5) is 40.8. The van der Waals surface area contributed by atoms with Crippen LogP contribution in [0.5, 0.6) is 0 Å². The third kappa shape index (κ3) is 8.14. The van der Waals surface area contributed by atoms with Crippen molar-refractivity contribution in [2.24, 2.45) is 0 Å². The molecule has 0 amide bonds. The van der Waals surface area contributed by atoms with Crippen molar-refractivity contribution >= 4 is 18.6 Å². The predicted molar refractivity (Wildman–Crippen MR) is 79.6 cm³/mol. The Kier molecular flexibility index (Phi) is 8.29. The van der Waals surface area contributed by atoms with Gasteiger partial charge in [-0.3, -0.25) is 0 Å². The number of hydrogen-bond donors (Lipinski definition) is 1. The number of nitrogens with zero attached hydrogens (tertiary/aromatic N) is 2. The maximum absolute atomic E-state index is 11.9. The summed E-state index contributed by atoms with van der Waals surface area (Å²) in [6, 6.07) is 6.28. The lowest BCUT2D eigenvalue weighted by Crippen LogP contribution is -2.30. The molecule has 0 saturated heterocycles. The Morgan fingerprint density at radius 3 is 2.46 bits per heavy atom. The van der Waals surface area contributed by atoms with Crippen LogP contribution in [0.2, 0.25) is 0 Å². The highest BCUT2D eigenvalue weighted by Crippen LogP contribution is 2.10. The molecule has 0 aromatic heterocycles. The van der Waals surface area contributed by atoms with Crippen molar-refractivity contribution in [3.8, 4) is 0 Å². The van der Waals surface area contributed by atoms with Gasteiger partial charge >= 0.3 is 5.97 Å². The molecule has 0 N–H and O–H groups in total. The highest BCUT2D eigenvalue weighted by atomic mass is 32.1. The Morgan fingerprint density at radius 2 is 1.83 bits per heavy atom. The van der Waals surface area contributed by atoms with Crippen molar-refractivity contribution in [3.05, 3.63) is 50.1 Å². The molecule has 0 aliphatic rings. The Balaban J connectivity index is 2.48. The minimum atomic E-state index is -1.03. The van der Waals surface area contributed by atoms with Crippen LogP contribution in [0.25, 0.3) is 0 Å². The van der Waals surface area contributed by atoms with Gasteiger partial charge in [0.25, 0.3) is 10.2 Å². The van der Waals surface area contributed by atoms with Gasteiger partial charge in [0.2, 0.25) is 0 Å². The molecule has 0 radical (unpaired) electrons. The molecule has 1 unspecified atom stereocenters. The Bertz CT molecular complexity index is 583. The van der Waals surface area contributed by atoms with Crippen molar-refractivity contribution in [3.63, 3.8) is 0 Å². The van der Waals surface area contributed by atoms with Crippen LogP contribution >= 0.6 is 12.6 Å². The van der Waals surface area contributed by atoms with E-state index in [1.54, 1.807) is 12.1 Å². The minimum absolute atomic E-state index is 0.240. The molecule has 0 saturated carbocycles. The molecule has 1 aromatic carbocycles. The van der Waals surface area contributed by atoms with Crippen LogP contribution in [0.1, 0.15) is 10.4 Å². The third-order valence-electron chi connectivity index (χ3n) is 2.48. The molecule has 1 atom stereocenters. The van der Waals surface area contributed by atoms with Gasteiger partial charge in [-0.05, 0) is 18.2 Å². The van der Waals surface area contributed by atoms with Gasteiger partial charge in [-0.2, -0.15) is 0 Å². The highest BCUT2D eigenvalue weighted by molar-refractivity contribution is 7.80. The topological polar surface area (TPSA) is 140 Å². The first-order chi connectivity index (χ1) is 11.4. The second-order valence-corrected chi connectivity index (χ2v) is 4.73. The Morgan fingerprint density at radius 1 is 1.12 bits per heavy atom. The van der Waals surface area contributed by atoms with Crippen LogP contribution in [0.4, 0.5) is 0 Å². The van der Waals surface area contributed by atoms with Crippen molar-refractivity contribution in [2.45, 2.75) is 11.0 Å². The summed E-state index contributed by atoms with van der Waals surface area (Å²) in [5.41, 5.74) is 0.244. The molecule has 0 heterocycles. The molecule has 12 heteroatoms. The quantitative estimate of drug-likeness (QED) is 0.200. The van der Waals surface area contributed by atoms with E-state index in [1.165, 1.54) is 12.1 Å². The molecule has 132 valence electrons. The Hall–Kier alpha value is -2.60. The average molecular weight is 362 g/mol. The fourth-order valence-corrected chi connectivity index (χ4v) is 1.72. The lowest BCUT2D eigenvalue weighted by molar-refractivity contribution is -0.760. The number of hydrogen-bond acceptors (Lipinski definition) is 10. The van der Waals surface area contributed by atoms with E-state index in [-0.39, 0.29) is 25.4 Å². The zero-order valence-electron chi connectivity index (χ0n) is 12.2. The lowest BCUT2D eigenvalue weighted by Gasteiger charge is -2.16. The highest BCUT2D eigenvalue weighted by Gasteiger charge is 2.16. The van der Waals surface area contributed by atoms with Gasteiger partial charge in [0.15, 0.2) is 0 Å². The second-order valence-electron chi connectivity index (χ2n) is 4.22. The molecule has 0 aliphatic carbocycles. The van der Waals surface area contributed by atoms with Crippen LogP contribution < -0.4 is 0 Å². The Labute approximate surface area is 141 Å². The molecule has 11 nitrogen and oxygen atoms in total. The van der Waals surface area contributed by atoms with Gasteiger partial charge in [0.05, 0.1) is 12.2 Å². The fourth-order valence-electron chi connectivity index (χ4n) is 1.50. The molecule has 0 bridgehead atoms. The molecule has 24 heavy (non-hydrogen) atoms. The lowest BCUT2D eigenvalue weighted by atomic mass is 10.2. The van der Waals surface area contributed by atoms with Gasteiger partial charge in [0, 0.05) is 4.90 Å².